The van der Waals surface area contributed by atoms with Crippen LogP contribution in [0.2, 0.25) is 0 Å². The lowest BCUT2D eigenvalue weighted by molar-refractivity contribution is 0.403. The van der Waals surface area contributed by atoms with Crippen molar-refractivity contribution in [1.82, 2.24) is 4.31 Å². The Hall–Kier alpha value is -1.11. The Labute approximate surface area is 107 Å². The van der Waals surface area contributed by atoms with E-state index in [4.69, 9.17) is 5.73 Å². The molecule has 0 amide bonds. The molecular weight excluding hydrogens is 252 g/mol. The van der Waals surface area contributed by atoms with Crippen molar-refractivity contribution in [3.05, 3.63) is 23.8 Å². The Kier molecular flexibility index (Phi) is 3.61. The van der Waals surface area contributed by atoms with Crippen molar-refractivity contribution >= 4 is 10.0 Å². The second-order valence-electron chi connectivity index (χ2n) is 4.56. The van der Waals surface area contributed by atoms with Gasteiger partial charge in [-0.2, -0.15) is 4.31 Å². The van der Waals surface area contributed by atoms with Gasteiger partial charge in [0.1, 0.15) is 10.6 Å². The van der Waals surface area contributed by atoms with Gasteiger partial charge in [0.2, 0.25) is 10.0 Å². The first kappa shape index (κ1) is 13.3. The number of aromatic hydroxyl groups is 1. The molecule has 0 aromatic heterocycles. The largest absolute Gasteiger partial charge is 0.507 e. The summed E-state index contributed by atoms with van der Waals surface area (Å²) in [5, 5.41) is 9.81. The third-order valence-corrected chi connectivity index (χ3v) is 5.21. The van der Waals surface area contributed by atoms with Crippen LogP contribution in [-0.2, 0) is 10.0 Å². The van der Waals surface area contributed by atoms with Gasteiger partial charge in [0.15, 0.2) is 0 Å². The van der Waals surface area contributed by atoms with Crippen molar-refractivity contribution in [3.63, 3.8) is 0 Å². The first-order valence-corrected chi connectivity index (χ1v) is 7.43. The molecule has 1 saturated carbocycles. The van der Waals surface area contributed by atoms with Crippen molar-refractivity contribution in [3.8, 4) is 5.75 Å². The average Bonchev–Trinajstić information content (AvgIpc) is 3.08. The lowest BCUT2D eigenvalue weighted by Gasteiger charge is -2.22. The summed E-state index contributed by atoms with van der Waals surface area (Å²) in [4.78, 5) is 0.00495. The van der Waals surface area contributed by atoms with Crippen LogP contribution >= 0.6 is 0 Å². The van der Waals surface area contributed by atoms with Crippen LogP contribution in [0, 0.1) is 6.92 Å². The number of phenols is 1. The second kappa shape index (κ2) is 4.87. The van der Waals surface area contributed by atoms with Gasteiger partial charge in [-0.1, -0.05) is 12.1 Å². The van der Waals surface area contributed by atoms with E-state index in [9.17, 15) is 13.5 Å². The molecule has 1 aliphatic carbocycles. The molecule has 0 aliphatic heterocycles. The Morgan fingerprint density at radius 2 is 2.11 bits per heavy atom. The van der Waals surface area contributed by atoms with Gasteiger partial charge in [-0.3, -0.25) is 0 Å². The van der Waals surface area contributed by atoms with Crippen LogP contribution in [0.4, 0.5) is 0 Å². The van der Waals surface area contributed by atoms with Crippen LogP contribution in [0.3, 0.4) is 0 Å². The molecule has 6 heteroatoms. The van der Waals surface area contributed by atoms with Crippen molar-refractivity contribution in [2.45, 2.75) is 30.7 Å². The fraction of sp³-hybridized carbons (Fsp3) is 0.500. The Bertz CT molecular complexity index is 518. The molecule has 2 rings (SSSR count). The third kappa shape index (κ3) is 2.36. The molecule has 0 spiro atoms. The zero-order valence-electron chi connectivity index (χ0n) is 10.3. The Morgan fingerprint density at radius 1 is 1.44 bits per heavy atom. The molecule has 18 heavy (non-hydrogen) atoms. The third-order valence-electron chi connectivity index (χ3n) is 3.06. The smallest absolute Gasteiger partial charge is 0.247 e. The lowest BCUT2D eigenvalue weighted by Crippen LogP contribution is -2.37. The first-order valence-electron chi connectivity index (χ1n) is 5.99. The maximum atomic E-state index is 12.6. The Balaban J connectivity index is 2.46. The highest BCUT2D eigenvalue weighted by molar-refractivity contribution is 7.89. The van der Waals surface area contributed by atoms with E-state index in [1.807, 2.05) is 0 Å². The first-order chi connectivity index (χ1) is 8.48. The molecule has 0 unspecified atom stereocenters. The summed E-state index contributed by atoms with van der Waals surface area (Å²) in [6, 6.07) is 4.75. The van der Waals surface area contributed by atoms with Gasteiger partial charge in [-0.05, 0) is 31.4 Å². The summed E-state index contributed by atoms with van der Waals surface area (Å²) in [6.07, 6.45) is 1.73. The van der Waals surface area contributed by atoms with Crippen LogP contribution in [0.15, 0.2) is 23.1 Å². The summed E-state index contributed by atoms with van der Waals surface area (Å²) in [5.74, 6) is -0.197. The molecule has 3 N–H and O–H groups in total. The van der Waals surface area contributed by atoms with Gasteiger partial charge in [0.05, 0.1) is 0 Å². The maximum absolute atomic E-state index is 12.6. The highest BCUT2D eigenvalue weighted by atomic mass is 32.2. The van der Waals surface area contributed by atoms with Crippen molar-refractivity contribution in [2.24, 2.45) is 5.73 Å². The van der Waals surface area contributed by atoms with E-state index in [1.165, 1.54) is 10.4 Å². The SMILES string of the molecule is Cc1cccc(O)c1S(=O)(=O)N(CCN)C1CC1. The molecule has 0 atom stereocenters. The van der Waals surface area contributed by atoms with Gasteiger partial charge < -0.3 is 10.8 Å². The minimum Gasteiger partial charge on any atom is -0.507 e. The van der Waals surface area contributed by atoms with Crippen LogP contribution in [0.25, 0.3) is 0 Å². The number of sulfonamides is 1. The molecule has 0 bridgehead atoms. The number of nitrogens with two attached hydrogens (primary N) is 1. The molecule has 100 valence electrons. The number of nitrogens with zero attached hydrogens (tertiary/aromatic N) is 1. The van der Waals surface area contributed by atoms with Gasteiger partial charge >= 0.3 is 0 Å². The predicted octanol–water partition coefficient (Wildman–Crippen LogP) is 0.812. The number of hydrogen-bond donors (Lipinski definition) is 2. The summed E-state index contributed by atoms with van der Waals surface area (Å²) in [7, 11) is -3.66. The number of aryl methyl sites for hydroxylation is 1. The van der Waals surface area contributed by atoms with Crippen LogP contribution in [-0.4, -0.2) is 37.0 Å². The molecule has 1 aliphatic rings. The van der Waals surface area contributed by atoms with Crippen LogP contribution in [0.1, 0.15) is 18.4 Å². The van der Waals surface area contributed by atoms with E-state index >= 15 is 0 Å². The number of rotatable bonds is 5. The quantitative estimate of drug-likeness (QED) is 0.829. The fourth-order valence-corrected chi connectivity index (χ4v) is 4.07. The molecule has 0 radical (unpaired) electrons. The molecule has 1 aromatic carbocycles. The van der Waals surface area contributed by atoms with E-state index < -0.39 is 10.0 Å². The number of hydrogen-bond acceptors (Lipinski definition) is 4. The van der Waals surface area contributed by atoms with Crippen molar-refractivity contribution in [2.75, 3.05) is 13.1 Å². The highest BCUT2D eigenvalue weighted by Gasteiger charge is 2.39. The van der Waals surface area contributed by atoms with Crippen LogP contribution in [0.5, 0.6) is 5.75 Å². The highest BCUT2D eigenvalue weighted by Crippen LogP contribution is 2.35. The van der Waals surface area contributed by atoms with Gasteiger partial charge in [0, 0.05) is 19.1 Å². The van der Waals surface area contributed by atoms with Crippen molar-refractivity contribution in [1.29, 1.82) is 0 Å². The van der Waals surface area contributed by atoms with Gasteiger partial charge in [-0.15, -0.1) is 0 Å². The summed E-state index contributed by atoms with van der Waals surface area (Å²) < 4.78 is 26.5. The van der Waals surface area contributed by atoms with E-state index in [0.717, 1.165) is 12.8 Å². The predicted molar refractivity (Wildman–Crippen MR) is 68.8 cm³/mol. The average molecular weight is 270 g/mol. The fourth-order valence-electron chi connectivity index (χ4n) is 2.08. The molecular formula is C12H18N2O3S. The number of benzene rings is 1. The standard InChI is InChI=1S/C12H18N2O3S/c1-9-3-2-4-11(15)12(9)18(16,17)14(8-7-13)10-5-6-10/h2-4,10,15H,5-8,13H2,1H3. The molecule has 1 aromatic rings. The minimum atomic E-state index is -3.66. The zero-order chi connectivity index (χ0) is 13.3. The molecule has 1 fully saturated rings. The normalized spacial score (nSPS) is 16.2. The monoisotopic (exact) mass is 270 g/mol. The second-order valence-corrected chi connectivity index (χ2v) is 6.39. The van der Waals surface area contributed by atoms with Gasteiger partial charge in [-0.25, -0.2) is 8.42 Å². The van der Waals surface area contributed by atoms with Crippen molar-refractivity contribution < 1.29 is 13.5 Å². The number of phenolic OH excluding ortho intramolecular Hbond substituents is 1. The summed E-state index contributed by atoms with van der Waals surface area (Å²) in [6.45, 7) is 2.25. The maximum Gasteiger partial charge on any atom is 0.247 e. The van der Waals surface area contributed by atoms with E-state index in [0.29, 0.717) is 12.1 Å². The molecule has 0 heterocycles. The van der Waals surface area contributed by atoms with Crippen LogP contribution < -0.4 is 5.73 Å². The Morgan fingerprint density at radius 3 is 2.61 bits per heavy atom. The zero-order valence-corrected chi connectivity index (χ0v) is 11.2. The van der Waals surface area contributed by atoms with E-state index in [2.05, 4.69) is 0 Å². The van der Waals surface area contributed by atoms with Gasteiger partial charge in [0.25, 0.3) is 0 Å². The molecule has 0 saturated heterocycles. The minimum absolute atomic E-state index is 0.00495. The van der Waals surface area contributed by atoms with E-state index in [-0.39, 0.29) is 23.2 Å². The topological polar surface area (TPSA) is 83.6 Å². The summed E-state index contributed by atoms with van der Waals surface area (Å²) >= 11 is 0. The lowest BCUT2D eigenvalue weighted by atomic mass is 10.2. The van der Waals surface area contributed by atoms with E-state index in [1.54, 1.807) is 19.1 Å². The summed E-state index contributed by atoms with van der Waals surface area (Å²) in [5.41, 5.74) is 6.03. The molecule has 5 nitrogen and oxygen atoms in total.